The number of likely N-dealkylation sites (N-methyl/N-ethyl adjacent to an activating group) is 2. The van der Waals surface area contributed by atoms with E-state index in [1.54, 1.807) is 0 Å². The number of aryl methyl sites for hydroxylation is 2. The Morgan fingerprint density at radius 2 is 1.00 bits per heavy atom. The van der Waals surface area contributed by atoms with Gasteiger partial charge < -0.3 is 26.7 Å². The van der Waals surface area contributed by atoms with Crippen LogP contribution in [-0.4, -0.2) is 53.7 Å². The summed E-state index contributed by atoms with van der Waals surface area (Å²) in [5.74, 6) is 0. The lowest BCUT2D eigenvalue weighted by Crippen LogP contribution is -2.33. The van der Waals surface area contributed by atoms with E-state index in [0.717, 1.165) is 75.0 Å². The van der Waals surface area contributed by atoms with E-state index in [-0.39, 0.29) is 55.1 Å². The van der Waals surface area contributed by atoms with Crippen LogP contribution in [0.25, 0.3) is 0 Å². The first kappa shape index (κ1) is 45.3. The third-order valence-electron chi connectivity index (χ3n) is 7.93. The van der Waals surface area contributed by atoms with Crippen LogP contribution in [0.15, 0.2) is 60.7 Å². The maximum atomic E-state index is 4.76. The Balaban J connectivity index is 0.000000814. The number of aromatic nitrogens is 2. The number of halogens is 4. The molecule has 6 N–H and O–H groups in total. The number of hydrogen-bond acceptors (Lipinski definition) is 8. The molecule has 2 atom stereocenters. The second kappa shape index (κ2) is 24.5. The Bertz CT molecular complexity index is 1260. The van der Waals surface area contributed by atoms with E-state index in [2.05, 4.69) is 95.8 Å². The van der Waals surface area contributed by atoms with Crippen LogP contribution in [0.1, 0.15) is 59.0 Å². The van der Waals surface area contributed by atoms with Crippen molar-refractivity contribution in [3.8, 4) is 0 Å². The zero-order chi connectivity index (χ0) is 29.0. The molecular formula is C34H52Cl4N6OS2. The maximum absolute atomic E-state index is 4.76. The Kier molecular flexibility index (Phi) is 23.6. The molecule has 0 spiro atoms. The van der Waals surface area contributed by atoms with Crippen molar-refractivity contribution in [2.24, 2.45) is 0 Å². The normalized spacial score (nSPS) is 15.6. The smallest absolute Gasteiger partial charge is 0.183 e. The van der Waals surface area contributed by atoms with Crippen LogP contribution in [0.4, 0.5) is 10.3 Å². The lowest BCUT2D eigenvalue weighted by Gasteiger charge is -2.21. The number of anilines is 2. The highest BCUT2D eigenvalue weighted by Gasteiger charge is 2.22. The van der Waals surface area contributed by atoms with E-state index in [1.807, 2.05) is 22.7 Å². The summed E-state index contributed by atoms with van der Waals surface area (Å²) < 4.78 is 0. The van der Waals surface area contributed by atoms with Gasteiger partial charge in [-0.15, -0.1) is 72.3 Å². The van der Waals surface area contributed by atoms with Gasteiger partial charge >= 0.3 is 0 Å². The van der Waals surface area contributed by atoms with Gasteiger partial charge in [-0.05, 0) is 75.6 Å². The summed E-state index contributed by atoms with van der Waals surface area (Å²) in [6.07, 6.45) is 9.04. The average molecular weight is 767 g/mol. The minimum atomic E-state index is 0. The van der Waals surface area contributed by atoms with Gasteiger partial charge in [0, 0.05) is 34.9 Å². The quantitative estimate of drug-likeness (QED) is 0.120. The number of nitrogens with zero attached hydrogens (tertiary/aromatic N) is 2. The van der Waals surface area contributed by atoms with Crippen molar-refractivity contribution >= 4 is 82.6 Å². The Morgan fingerprint density at radius 1 is 0.617 bits per heavy atom. The molecule has 4 aromatic rings. The molecule has 0 saturated carbocycles. The topological polar surface area (TPSA) is 105 Å². The fourth-order valence-corrected chi connectivity index (χ4v) is 7.97. The van der Waals surface area contributed by atoms with Gasteiger partial charge in [-0.25, -0.2) is 9.97 Å². The standard InChI is InChI=1S/2C17H23N3S.4ClH.H2O/c2*1-2-18-14-8-9-15-16(12-14)21-17(20-15)19-11-10-13-6-4-3-5-7-13;;;;;/h2*3-7,14,18H,2,8-12H2,1H3,(H,19,20);4*1H;1H2. The molecule has 0 bridgehead atoms. The van der Waals surface area contributed by atoms with Gasteiger partial charge in [0.2, 0.25) is 0 Å². The van der Waals surface area contributed by atoms with Crippen molar-refractivity contribution in [3.63, 3.8) is 0 Å². The van der Waals surface area contributed by atoms with Gasteiger partial charge in [0.25, 0.3) is 0 Å². The first-order valence-electron chi connectivity index (χ1n) is 15.7. The molecule has 2 aliphatic carbocycles. The molecule has 2 aromatic carbocycles. The lowest BCUT2D eigenvalue weighted by molar-refractivity contribution is 0.471. The minimum Gasteiger partial charge on any atom is -0.412 e. The monoisotopic (exact) mass is 764 g/mol. The van der Waals surface area contributed by atoms with Crippen LogP contribution in [0.3, 0.4) is 0 Å². The van der Waals surface area contributed by atoms with Gasteiger partial charge in [0.15, 0.2) is 10.3 Å². The molecular weight excluding hydrogens is 714 g/mol. The van der Waals surface area contributed by atoms with Crippen molar-refractivity contribution in [1.29, 1.82) is 0 Å². The second-order valence-corrected chi connectivity index (χ2v) is 13.3. The molecule has 0 aliphatic heterocycles. The van der Waals surface area contributed by atoms with Gasteiger partial charge in [0.05, 0.1) is 11.4 Å². The van der Waals surface area contributed by atoms with E-state index in [4.69, 9.17) is 9.97 Å². The van der Waals surface area contributed by atoms with E-state index in [1.165, 1.54) is 45.1 Å². The minimum absolute atomic E-state index is 0. The van der Waals surface area contributed by atoms with Crippen molar-refractivity contribution in [2.45, 2.75) is 77.3 Å². The maximum Gasteiger partial charge on any atom is 0.183 e. The molecule has 0 radical (unpaired) electrons. The van der Waals surface area contributed by atoms with E-state index in [9.17, 15) is 0 Å². The third-order valence-corrected chi connectivity index (χ3v) is 10.1. The van der Waals surface area contributed by atoms with Crippen LogP contribution >= 0.6 is 72.3 Å². The SMILES string of the molecule is CCNC1CCc2nc(NCCc3ccccc3)sc2C1.CCNC1CCc2nc(NCCc3ccccc3)sc2C1.Cl.Cl.Cl.Cl.O. The van der Waals surface area contributed by atoms with Crippen molar-refractivity contribution < 1.29 is 5.48 Å². The molecule has 264 valence electrons. The van der Waals surface area contributed by atoms with Gasteiger partial charge in [-0.1, -0.05) is 74.5 Å². The fourth-order valence-electron chi connectivity index (χ4n) is 5.74. The number of benzene rings is 2. The van der Waals surface area contributed by atoms with E-state index >= 15 is 0 Å². The Hall–Kier alpha value is -1.66. The van der Waals surface area contributed by atoms with Gasteiger partial charge in [-0.2, -0.15) is 0 Å². The zero-order valence-corrected chi connectivity index (χ0v) is 32.2. The van der Waals surface area contributed by atoms with Crippen LogP contribution in [0, 0.1) is 0 Å². The Labute approximate surface area is 313 Å². The average Bonchev–Trinajstić information content (AvgIpc) is 3.62. The zero-order valence-electron chi connectivity index (χ0n) is 27.3. The fraction of sp³-hybridized carbons (Fsp3) is 0.471. The first-order valence-corrected chi connectivity index (χ1v) is 17.3. The van der Waals surface area contributed by atoms with Crippen molar-refractivity contribution in [2.75, 3.05) is 36.8 Å². The molecule has 2 aromatic heterocycles. The molecule has 2 unspecified atom stereocenters. The van der Waals surface area contributed by atoms with Crippen LogP contribution in [0.5, 0.6) is 0 Å². The first-order chi connectivity index (χ1) is 20.7. The summed E-state index contributed by atoms with van der Waals surface area (Å²) in [7, 11) is 0. The molecule has 47 heavy (non-hydrogen) atoms. The molecule has 0 amide bonds. The summed E-state index contributed by atoms with van der Waals surface area (Å²) in [5, 5.41) is 16.3. The summed E-state index contributed by atoms with van der Waals surface area (Å²) in [6, 6.07) is 22.5. The lowest BCUT2D eigenvalue weighted by atomic mass is 9.98. The molecule has 7 nitrogen and oxygen atoms in total. The molecule has 0 saturated heterocycles. The van der Waals surface area contributed by atoms with E-state index in [0.29, 0.717) is 12.1 Å². The van der Waals surface area contributed by atoms with E-state index < -0.39 is 0 Å². The predicted octanol–water partition coefficient (Wildman–Crippen LogP) is 7.39. The number of fused-ring (bicyclic) bond motifs is 2. The van der Waals surface area contributed by atoms with Gasteiger partial charge in [0.1, 0.15) is 0 Å². The number of nitrogens with one attached hydrogen (secondary N) is 4. The molecule has 2 heterocycles. The highest BCUT2D eigenvalue weighted by molar-refractivity contribution is 7.16. The summed E-state index contributed by atoms with van der Waals surface area (Å²) >= 11 is 3.68. The predicted molar refractivity (Wildman–Crippen MR) is 213 cm³/mol. The highest BCUT2D eigenvalue weighted by Crippen LogP contribution is 2.31. The summed E-state index contributed by atoms with van der Waals surface area (Å²) in [5.41, 5.74) is 5.38. The molecule has 0 fully saturated rings. The van der Waals surface area contributed by atoms with Crippen molar-refractivity contribution in [1.82, 2.24) is 20.6 Å². The molecule has 6 rings (SSSR count). The van der Waals surface area contributed by atoms with Crippen LogP contribution < -0.4 is 21.3 Å². The number of thiazole rings is 2. The Morgan fingerprint density at radius 3 is 1.36 bits per heavy atom. The molecule has 13 heteroatoms. The number of hydrogen-bond donors (Lipinski definition) is 4. The van der Waals surface area contributed by atoms with Crippen LogP contribution in [0.2, 0.25) is 0 Å². The summed E-state index contributed by atoms with van der Waals surface area (Å²) in [6.45, 7) is 8.37. The third kappa shape index (κ3) is 14.4. The second-order valence-electron chi connectivity index (χ2n) is 11.1. The number of rotatable bonds is 12. The largest absolute Gasteiger partial charge is 0.412 e. The highest BCUT2D eigenvalue weighted by atomic mass is 35.5. The molecule has 2 aliphatic rings. The summed E-state index contributed by atoms with van der Waals surface area (Å²) in [4.78, 5) is 12.4. The van der Waals surface area contributed by atoms with Crippen LogP contribution in [-0.2, 0) is 38.5 Å². The van der Waals surface area contributed by atoms with Gasteiger partial charge in [-0.3, -0.25) is 0 Å². The van der Waals surface area contributed by atoms with Crippen molar-refractivity contribution in [3.05, 3.63) is 92.9 Å².